The summed E-state index contributed by atoms with van der Waals surface area (Å²) < 4.78 is 3.40. The van der Waals surface area contributed by atoms with Gasteiger partial charge in [-0.25, -0.2) is 4.68 Å². The Labute approximate surface area is 117 Å². The van der Waals surface area contributed by atoms with Gasteiger partial charge in [0.2, 0.25) is 0 Å². The summed E-state index contributed by atoms with van der Waals surface area (Å²) in [5.74, 6) is 0.706. The highest BCUT2D eigenvalue weighted by atomic mass is 79.9. The average molecular weight is 320 g/mol. The molecular weight excluding hydrogens is 310 g/mol. The van der Waals surface area contributed by atoms with Gasteiger partial charge in [0.1, 0.15) is 6.54 Å². The Bertz CT molecular complexity index is 661. The smallest absolute Gasteiger partial charge is 0.178 e. The topological polar surface area (TPSA) is 74.3 Å². The van der Waals surface area contributed by atoms with Crippen LogP contribution in [0.25, 0.3) is 5.69 Å². The first kappa shape index (κ1) is 12.0. The van der Waals surface area contributed by atoms with Crippen molar-refractivity contribution in [3.05, 3.63) is 48.0 Å². The minimum absolute atomic E-state index is 0.474. The predicted octanol–water partition coefficient (Wildman–Crippen LogP) is 1.20. The molecule has 96 valence electrons. The van der Waals surface area contributed by atoms with E-state index in [1.165, 1.54) is 0 Å². The second-order valence-corrected chi connectivity index (χ2v) is 4.44. The third-order valence-electron chi connectivity index (χ3n) is 2.56. The number of nitrogens with zero attached hydrogens (tertiary/aromatic N) is 7. The van der Waals surface area contributed by atoms with Crippen LogP contribution in [-0.2, 0) is 11.9 Å². The molecule has 8 heteroatoms. The molecule has 0 saturated carbocycles. The van der Waals surface area contributed by atoms with Crippen molar-refractivity contribution in [2.75, 3.05) is 0 Å². The van der Waals surface area contributed by atoms with Crippen molar-refractivity contribution >= 4 is 15.9 Å². The highest BCUT2D eigenvalue weighted by molar-refractivity contribution is 9.08. The molecule has 0 amide bonds. The van der Waals surface area contributed by atoms with Crippen LogP contribution in [0.1, 0.15) is 11.5 Å². The Morgan fingerprint density at radius 2 is 1.89 bits per heavy atom. The first-order valence-electron chi connectivity index (χ1n) is 5.64. The van der Waals surface area contributed by atoms with Gasteiger partial charge in [-0.05, 0) is 22.6 Å². The van der Waals surface area contributed by atoms with Crippen molar-refractivity contribution in [1.82, 2.24) is 35.2 Å². The highest BCUT2D eigenvalue weighted by Crippen LogP contribution is 2.08. The minimum Gasteiger partial charge on any atom is -0.245 e. The van der Waals surface area contributed by atoms with Crippen LogP contribution in [0.2, 0.25) is 0 Å². The SMILES string of the molecule is BrCc1cn(Cc2nnnn2-c2ccccc2)nn1. The summed E-state index contributed by atoms with van der Waals surface area (Å²) in [5.41, 5.74) is 1.79. The first-order chi connectivity index (χ1) is 9.36. The molecule has 19 heavy (non-hydrogen) atoms. The van der Waals surface area contributed by atoms with Gasteiger partial charge in [-0.2, -0.15) is 4.68 Å². The number of halogens is 1. The first-order valence-corrected chi connectivity index (χ1v) is 6.76. The lowest BCUT2D eigenvalue weighted by Crippen LogP contribution is -2.09. The molecule has 0 bridgehead atoms. The molecule has 0 atom stereocenters. The lowest BCUT2D eigenvalue weighted by atomic mass is 10.3. The van der Waals surface area contributed by atoms with E-state index >= 15 is 0 Å². The normalized spacial score (nSPS) is 10.8. The molecule has 2 heterocycles. The number of alkyl halides is 1. The zero-order valence-electron chi connectivity index (χ0n) is 9.89. The van der Waals surface area contributed by atoms with Crippen LogP contribution >= 0.6 is 15.9 Å². The van der Waals surface area contributed by atoms with Crippen LogP contribution in [0.5, 0.6) is 0 Å². The van der Waals surface area contributed by atoms with Gasteiger partial charge < -0.3 is 0 Å². The molecule has 3 aromatic rings. The van der Waals surface area contributed by atoms with Crippen molar-refractivity contribution in [2.45, 2.75) is 11.9 Å². The van der Waals surface area contributed by atoms with E-state index in [9.17, 15) is 0 Å². The molecule has 7 nitrogen and oxygen atoms in total. The van der Waals surface area contributed by atoms with E-state index in [4.69, 9.17) is 0 Å². The predicted molar refractivity (Wildman–Crippen MR) is 70.9 cm³/mol. The minimum atomic E-state index is 0.474. The van der Waals surface area contributed by atoms with Crippen LogP contribution in [0.3, 0.4) is 0 Å². The summed E-state index contributed by atoms with van der Waals surface area (Å²) in [5, 5.41) is 20.4. The Balaban J connectivity index is 1.88. The highest BCUT2D eigenvalue weighted by Gasteiger charge is 2.09. The van der Waals surface area contributed by atoms with Crippen LogP contribution in [0, 0.1) is 0 Å². The summed E-state index contributed by atoms with van der Waals surface area (Å²) in [6, 6.07) is 9.74. The quantitative estimate of drug-likeness (QED) is 0.675. The summed E-state index contributed by atoms with van der Waals surface area (Å²) in [7, 11) is 0. The van der Waals surface area contributed by atoms with E-state index < -0.39 is 0 Å². The third-order valence-corrected chi connectivity index (χ3v) is 3.14. The monoisotopic (exact) mass is 319 g/mol. The molecule has 0 unspecified atom stereocenters. The van der Waals surface area contributed by atoms with E-state index in [0.29, 0.717) is 17.7 Å². The second-order valence-electron chi connectivity index (χ2n) is 3.88. The molecular formula is C11H10BrN7. The van der Waals surface area contributed by atoms with E-state index in [1.54, 1.807) is 9.36 Å². The lowest BCUT2D eigenvalue weighted by Gasteiger charge is -2.03. The lowest BCUT2D eigenvalue weighted by molar-refractivity contribution is 0.609. The maximum atomic E-state index is 4.02. The summed E-state index contributed by atoms with van der Waals surface area (Å²) in [6.45, 7) is 0.474. The fourth-order valence-corrected chi connectivity index (χ4v) is 1.95. The van der Waals surface area contributed by atoms with Gasteiger partial charge in [0.25, 0.3) is 0 Å². The largest absolute Gasteiger partial charge is 0.245 e. The Morgan fingerprint density at radius 3 is 2.63 bits per heavy atom. The van der Waals surface area contributed by atoms with Crippen molar-refractivity contribution < 1.29 is 0 Å². The molecule has 0 aliphatic heterocycles. The van der Waals surface area contributed by atoms with Crippen LogP contribution in [0.15, 0.2) is 36.5 Å². The van der Waals surface area contributed by atoms with Crippen molar-refractivity contribution in [1.29, 1.82) is 0 Å². The number of benzene rings is 1. The van der Waals surface area contributed by atoms with Crippen molar-refractivity contribution in [2.24, 2.45) is 0 Å². The molecule has 0 aliphatic carbocycles. The second kappa shape index (κ2) is 5.27. The van der Waals surface area contributed by atoms with Gasteiger partial charge in [-0.3, -0.25) is 0 Å². The van der Waals surface area contributed by atoms with Crippen molar-refractivity contribution in [3.8, 4) is 5.69 Å². The summed E-state index contributed by atoms with van der Waals surface area (Å²) in [4.78, 5) is 0. The van der Waals surface area contributed by atoms with Gasteiger partial charge in [0.05, 0.1) is 11.4 Å². The van der Waals surface area contributed by atoms with Crippen LogP contribution < -0.4 is 0 Å². The third kappa shape index (κ3) is 2.53. The molecule has 0 fully saturated rings. The van der Waals surface area contributed by atoms with E-state index in [1.807, 2.05) is 36.5 Å². The molecule has 0 radical (unpaired) electrons. The molecule has 0 spiro atoms. The maximum absolute atomic E-state index is 4.02. The van der Waals surface area contributed by atoms with Crippen LogP contribution in [-0.4, -0.2) is 35.2 Å². The van der Waals surface area contributed by atoms with E-state index in [-0.39, 0.29) is 0 Å². The fourth-order valence-electron chi connectivity index (χ4n) is 1.70. The summed E-state index contributed by atoms with van der Waals surface area (Å²) >= 11 is 3.34. The van der Waals surface area contributed by atoms with Gasteiger partial charge >= 0.3 is 0 Å². The number of para-hydroxylation sites is 1. The number of hydrogen-bond donors (Lipinski definition) is 0. The molecule has 0 aliphatic rings. The number of tetrazole rings is 1. The maximum Gasteiger partial charge on any atom is 0.178 e. The Kier molecular flexibility index (Phi) is 3.32. The number of rotatable bonds is 4. The average Bonchev–Trinajstić information content (AvgIpc) is 3.09. The standard InChI is InChI=1S/C11H10BrN7/c12-6-9-7-18(16-13-9)8-11-14-15-17-19(11)10-4-2-1-3-5-10/h1-5,7H,6,8H2. The zero-order chi connectivity index (χ0) is 13.1. The van der Waals surface area contributed by atoms with Crippen molar-refractivity contribution in [3.63, 3.8) is 0 Å². The van der Waals surface area contributed by atoms with E-state index in [2.05, 4.69) is 41.8 Å². The van der Waals surface area contributed by atoms with Crippen LogP contribution in [0.4, 0.5) is 0 Å². The van der Waals surface area contributed by atoms with Gasteiger partial charge in [0, 0.05) is 11.5 Å². The molecule has 0 saturated heterocycles. The van der Waals surface area contributed by atoms with Gasteiger partial charge in [-0.15, -0.1) is 10.2 Å². The van der Waals surface area contributed by atoms with Gasteiger partial charge in [0.15, 0.2) is 5.82 Å². The zero-order valence-corrected chi connectivity index (χ0v) is 11.5. The molecule has 1 aromatic carbocycles. The molecule has 3 rings (SSSR count). The molecule has 0 N–H and O–H groups in total. The Hall–Kier alpha value is -2.09. The molecule has 2 aromatic heterocycles. The van der Waals surface area contributed by atoms with Gasteiger partial charge in [-0.1, -0.05) is 39.3 Å². The van der Waals surface area contributed by atoms with E-state index in [0.717, 1.165) is 11.4 Å². The number of hydrogen-bond acceptors (Lipinski definition) is 5. The summed E-state index contributed by atoms with van der Waals surface area (Å²) in [6.07, 6.45) is 1.86. The fraction of sp³-hybridized carbons (Fsp3) is 0.182. The Morgan fingerprint density at radius 1 is 1.05 bits per heavy atom. The number of aromatic nitrogens is 7.